The highest BCUT2D eigenvalue weighted by molar-refractivity contribution is 5.53. The highest BCUT2D eigenvalue weighted by Crippen LogP contribution is 2.40. The number of fused-ring (bicyclic) bond motifs is 1. The minimum Gasteiger partial charge on any atom is -0.454 e. The first-order valence-electron chi connectivity index (χ1n) is 5.89. The Morgan fingerprint density at radius 1 is 1.38 bits per heavy atom. The highest BCUT2D eigenvalue weighted by Gasteiger charge is 2.21. The van der Waals surface area contributed by atoms with E-state index in [2.05, 4.69) is 19.9 Å². The number of benzene rings is 1. The number of rotatable bonds is 4. The van der Waals surface area contributed by atoms with Crippen LogP contribution in [0, 0.1) is 0 Å². The molecule has 16 heavy (non-hydrogen) atoms. The van der Waals surface area contributed by atoms with Crippen LogP contribution in [0.25, 0.3) is 0 Å². The first-order valence-corrected chi connectivity index (χ1v) is 5.89. The third-order valence-corrected chi connectivity index (χ3v) is 3.16. The summed E-state index contributed by atoms with van der Waals surface area (Å²) in [5, 5.41) is 0. The third kappa shape index (κ3) is 1.87. The van der Waals surface area contributed by atoms with Crippen molar-refractivity contribution in [3.63, 3.8) is 0 Å². The molecule has 0 aliphatic carbocycles. The molecule has 0 bridgehead atoms. The first-order chi connectivity index (χ1) is 7.77. The zero-order valence-electron chi connectivity index (χ0n) is 9.95. The lowest BCUT2D eigenvalue weighted by molar-refractivity contribution is 0.173. The molecule has 3 heteroatoms. The standard InChI is InChI=1S/C13H19NO2/c1-3-10-11(9(2)6-7-14)4-5-12-13(10)16-8-15-12/h4-5,9H,3,6-8,14H2,1-2H3. The second kappa shape index (κ2) is 4.74. The topological polar surface area (TPSA) is 44.5 Å². The average Bonchev–Trinajstić information content (AvgIpc) is 2.75. The number of ether oxygens (including phenoxy) is 2. The van der Waals surface area contributed by atoms with Gasteiger partial charge in [-0.3, -0.25) is 0 Å². The van der Waals surface area contributed by atoms with Crippen molar-refractivity contribution >= 4 is 0 Å². The molecular weight excluding hydrogens is 202 g/mol. The lowest BCUT2D eigenvalue weighted by Crippen LogP contribution is -2.07. The number of hydrogen-bond donors (Lipinski definition) is 1. The maximum absolute atomic E-state index is 5.62. The molecule has 0 amide bonds. The van der Waals surface area contributed by atoms with Crippen molar-refractivity contribution in [2.45, 2.75) is 32.6 Å². The van der Waals surface area contributed by atoms with Gasteiger partial charge >= 0.3 is 0 Å². The quantitative estimate of drug-likeness (QED) is 0.849. The van der Waals surface area contributed by atoms with Crippen molar-refractivity contribution in [1.82, 2.24) is 0 Å². The van der Waals surface area contributed by atoms with E-state index in [1.165, 1.54) is 11.1 Å². The van der Waals surface area contributed by atoms with Gasteiger partial charge < -0.3 is 15.2 Å². The van der Waals surface area contributed by atoms with Crippen LogP contribution in [0.1, 0.15) is 37.3 Å². The van der Waals surface area contributed by atoms with Crippen LogP contribution in [0.2, 0.25) is 0 Å². The van der Waals surface area contributed by atoms with Gasteiger partial charge in [-0.2, -0.15) is 0 Å². The Balaban J connectivity index is 2.38. The molecule has 0 saturated heterocycles. The summed E-state index contributed by atoms with van der Waals surface area (Å²) in [5.41, 5.74) is 8.23. The molecule has 1 unspecified atom stereocenters. The van der Waals surface area contributed by atoms with Gasteiger partial charge in [0.05, 0.1) is 0 Å². The molecule has 0 saturated carbocycles. The van der Waals surface area contributed by atoms with E-state index in [0.717, 1.165) is 30.9 Å². The summed E-state index contributed by atoms with van der Waals surface area (Å²) >= 11 is 0. The monoisotopic (exact) mass is 221 g/mol. The second-order valence-corrected chi connectivity index (χ2v) is 4.20. The summed E-state index contributed by atoms with van der Waals surface area (Å²) in [6.45, 7) is 5.43. The first kappa shape index (κ1) is 11.3. The molecule has 0 fully saturated rings. The minimum absolute atomic E-state index is 0.344. The van der Waals surface area contributed by atoms with Gasteiger partial charge in [0, 0.05) is 5.56 Å². The van der Waals surface area contributed by atoms with Crippen molar-refractivity contribution in [2.24, 2.45) is 5.73 Å². The largest absolute Gasteiger partial charge is 0.454 e. The van der Waals surface area contributed by atoms with Gasteiger partial charge in [-0.1, -0.05) is 19.9 Å². The van der Waals surface area contributed by atoms with Crippen LogP contribution >= 0.6 is 0 Å². The Morgan fingerprint density at radius 3 is 2.88 bits per heavy atom. The zero-order valence-corrected chi connectivity index (χ0v) is 9.95. The fourth-order valence-corrected chi connectivity index (χ4v) is 2.28. The van der Waals surface area contributed by atoms with Crippen molar-refractivity contribution in [3.8, 4) is 11.5 Å². The lowest BCUT2D eigenvalue weighted by atomic mass is 9.91. The predicted octanol–water partition coefficient (Wildman–Crippen LogP) is 2.43. The summed E-state index contributed by atoms with van der Waals surface area (Å²) in [6, 6.07) is 4.15. The van der Waals surface area contributed by atoms with Crippen LogP contribution in [0.3, 0.4) is 0 Å². The Hall–Kier alpha value is -1.22. The fraction of sp³-hybridized carbons (Fsp3) is 0.538. The van der Waals surface area contributed by atoms with Gasteiger partial charge in [-0.05, 0) is 36.9 Å². The molecule has 1 aliphatic rings. The van der Waals surface area contributed by atoms with E-state index in [0.29, 0.717) is 12.7 Å². The van der Waals surface area contributed by atoms with E-state index >= 15 is 0 Å². The number of hydrogen-bond acceptors (Lipinski definition) is 3. The van der Waals surface area contributed by atoms with Gasteiger partial charge in [0.2, 0.25) is 6.79 Å². The van der Waals surface area contributed by atoms with Crippen LogP contribution in [0.15, 0.2) is 12.1 Å². The zero-order chi connectivity index (χ0) is 11.5. The molecule has 0 radical (unpaired) electrons. The molecule has 0 aromatic heterocycles. The van der Waals surface area contributed by atoms with E-state index in [1.54, 1.807) is 0 Å². The van der Waals surface area contributed by atoms with E-state index in [4.69, 9.17) is 15.2 Å². The molecule has 88 valence electrons. The average molecular weight is 221 g/mol. The van der Waals surface area contributed by atoms with Gasteiger partial charge in [-0.15, -0.1) is 0 Å². The smallest absolute Gasteiger partial charge is 0.231 e. The molecule has 2 N–H and O–H groups in total. The van der Waals surface area contributed by atoms with Gasteiger partial charge in [-0.25, -0.2) is 0 Å². The Labute approximate surface area is 96.5 Å². The second-order valence-electron chi connectivity index (χ2n) is 4.20. The lowest BCUT2D eigenvalue weighted by Gasteiger charge is -2.16. The molecule has 2 rings (SSSR count). The van der Waals surface area contributed by atoms with E-state index in [1.807, 2.05) is 6.07 Å². The Morgan fingerprint density at radius 2 is 2.19 bits per heavy atom. The maximum Gasteiger partial charge on any atom is 0.231 e. The molecule has 1 heterocycles. The normalized spacial score (nSPS) is 15.2. The van der Waals surface area contributed by atoms with Crippen LogP contribution in [-0.4, -0.2) is 13.3 Å². The predicted molar refractivity (Wildman–Crippen MR) is 64.0 cm³/mol. The van der Waals surface area contributed by atoms with E-state index in [-0.39, 0.29) is 0 Å². The summed E-state index contributed by atoms with van der Waals surface area (Å²) in [7, 11) is 0. The molecule has 0 spiro atoms. The highest BCUT2D eigenvalue weighted by atomic mass is 16.7. The van der Waals surface area contributed by atoms with E-state index in [9.17, 15) is 0 Å². The van der Waals surface area contributed by atoms with Crippen LogP contribution < -0.4 is 15.2 Å². The van der Waals surface area contributed by atoms with Crippen molar-refractivity contribution in [2.75, 3.05) is 13.3 Å². The Bertz CT molecular complexity index is 376. The van der Waals surface area contributed by atoms with Crippen molar-refractivity contribution in [1.29, 1.82) is 0 Å². The summed E-state index contributed by atoms with van der Waals surface area (Å²) in [6.07, 6.45) is 1.98. The molecule has 1 aliphatic heterocycles. The fourth-order valence-electron chi connectivity index (χ4n) is 2.28. The third-order valence-electron chi connectivity index (χ3n) is 3.16. The van der Waals surface area contributed by atoms with E-state index < -0.39 is 0 Å². The SMILES string of the molecule is CCc1c(C(C)CCN)ccc2c1OCO2. The number of nitrogens with two attached hydrogens (primary N) is 1. The summed E-state index contributed by atoms with van der Waals surface area (Å²) in [4.78, 5) is 0. The molecule has 1 atom stereocenters. The van der Waals surface area contributed by atoms with Gasteiger partial charge in [0.15, 0.2) is 11.5 Å². The van der Waals surface area contributed by atoms with Gasteiger partial charge in [0.1, 0.15) is 0 Å². The van der Waals surface area contributed by atoms with Crippen molar-refractivity contribution < 1.29 is 9.47 Å². The summed E-state index contributed by atoms with van der Waals surface area (Å²) in [5.74, 6) is 2.29. The van der Waals surface area contributed by atoms with Gasteiger partial charge in [0.25, 0.3) is 0 Å². The summed E-state index contributed by atoms with van der Waals surface area (Å²) < 4.78 is 10.9. The molecule has 1 aromatic rings. The molecule has 3 nitrogen and oxygen atoms in total. The van der Waals surface area contributed by atoms with Crippen molar-refractivity contribution in [3.05, 3.63) is 23.3 Å². The van der Waals surface area contributed by atoms with Crippen LogP contribution in [0.5, 0.6) is 11.5 Å². The maximum atomic E-state index is 5.62. The Kier molecular flexibility index (Phi) is 3.34. The van der Waals surface area contributed by atoms with Crippen LogP contribution in [0.4, 0.5) is 0 Å². The molecular formula is C13H19NO2. The van der Waals surface area contributed by atoms with Crippen LogP contribution in [-0.2, 0) is 6.42 Å². The molecule has 1 aromatic carbocycles. The minimum atomic E-state index is 0.344.